The van der Waals surface area contributed by atoms with Crippen molar-refractivity contribution in [2.24, 2.45) is 11.8 Å². The fourth-order valence-corrected chi connectivity index (χ4v) is 2.33. The summed E-state index contributed by atoms with van der Waals surface area (Å²) in [5.41, 5.74) is 0.134. The Morgan fingerprint density at radius 3 is 2.74 bits per heavy atom. The van der Waals surface area contributed by atoms with Gasteiger partial charge in [0.05, 0.1) is 11.6 Å². The Hall–Kier alpha value is -1.49. The molecule has 1 aliphatic rings. The maximum atomic E-state index is 13.6. The second-order valence-electron chi connectivity index (χ2n) is 5.27. The van der Waals surface area contributed by atoms with Crippen molar-refractivity contribution >= 4 is 11.6 Å². The van der Waals surface area contributed by atoms with Crippen molar-refractivity contribution in [2.45, 2.75) is 20.3 Å². The average molecular weight is 268 g/mol. The molecule has 1 amide bonds. The van der Waals surface area contributed by atoms with E-state index in [1.165, 1.54) is 6.92 Å². The molecule has 104 valence electrons. The van der Waals surface area contributed by atoms with Crippen molar-refractivity contribution in [2.75, 3.05) is 18.4 Å². The normalized spacial score (nSPS) is 23.2. The molecule has 2 N–H and O–H groups in total. The second-order valence-corrected chi connectivity index (χ2v) is 5.27. The van der Waals surface area contributed by atoms with Crippen LogP contribution in [0.4, 0.5) is 14.5 Å². The lowest BCUT2D eigenvalue weighted by atomic mass is 9.91. The van der Waals surface area contributed by atoms with Crippen LogP contribution >= 0.6 is 0 Å². The molecule has 0 radical (unpaired) electrons. The lowest BCUT2D eigenvalue weighted by Crippen LogP contribution is -2.41. The predicted octanol–water partition coefficient (Wildman–Crippen LogP) is 2.46. The highest BCUT2D eigenvalue weighted by atomic mass is 19.1. The van der Waals surface area contributed by atoms with Gasteiger partial charge in [0, 0.05) is 12.6 Å². The van der Waals surface area contributed by atoms with Crippen molar-refractivity contribution in [1.29, 1.82) is 0 Å². The minimum Gasteiger partial charge on any atom is -0.323 e. The summed E-state index contributed by atoms with van der Waals surface area (Å²) >= 11 is 0. The van der Waals surface area contributed by atoms with E-state index in [1.807, 2.05) is 0 Å². The summed E-state index contributed by atoms with van der Waals surface area (Å²) < 4.78 is 27.0. The van der Waals surface area contributed by atoms with Crippen molar-refractivity contribution < 1.29 is 13.6 Å². The van der Waals surface area contributed by atoms with Crippen LogP contribution in [0.15, 0.2) is 12.1 Å². The number of aryl methyl sites for hydroxylation is 1. The summed E-state index contributed by atoms with van der Waals surface area (Å²) in [5.74, 6) is -1.19. The third-order valence-corrected chi connectivity index (χ3v) is 3.45. The number of nitrogens with one attached hydrogen (secondary N) is 2. The van der Waals surface area contributed by atoms with Crippen LogP contribution in [0.2, 0.25) is 0 Å². The molecule has 1 aromatic rings. The van der Waals surface area contributed by atoms with E-state index in [2.05, 4.69) is 17.6 Å². The number of rotatable bonds is 2. The van der Waals surface area contributed by atoms with Crippen LogP contribution in [0.25, 0.3) is 0 Å². The Kier molecular flexibility index (Phi) is 4.14. The number of anilines is 1. The molecular weight excluding hydrogens is 250 g/mol. The third kappa shape index (κ3) is 3.29. The molecule has 3 nitrogen and oxygen atoms in total. The van der Waals surface area contributed by atoms with Gasteiger partial charge in [-0.1, -0.05) is 6.92 Å². The van der Waals surface area contributed by atoms with Gasteiger partial charge in [-0.25, -0.2) is 8.78 Å². The lowest BCUT2D eigenvalue weighted by Gasteiger charge is -2.26. The number of halogens is 2. The quantitative estimate of drug-likeness (QED) is 0.865. The average Bonchev–Trinajstić information content (AvgIpc) is 2.36. The minimum absolute atomic E-state index is 0.0914. The molecule has 0 aliphatic carbocycles. The molecule has 2 atom stereocenters. The van der Waals surface area contributed by atoms with Gasteiger partial charge in [-0.2, -0.15) is 0 Å². The summed E-state index contributed by atoms with van der Waals surface area (Å²) in [6, 6.07) is 2.12. The van der Waals surface area contributed by atoms with E-state index in [4.69, 9.17) is 0 Å². The molecule has 5 heteroatoms. The van der Waals surface area contributed by atoms with Crippen LogP contribution < -0.4 is 10.6 Å². The van der Waals surface area contributed by atoms with E-state index in [-0.39, 0.29) is 23.1 Å². The van der Waals surface area contributed by atoms with Crippen LogP contribution in [-0.2, 0) is 4.79 Å². The first kappa shape index (κ1) is 13.9. The molecule has 1 aliphatic heterocycles. The topological polar surface area (TPSA) is 41.1 Å². The predicted molar refractivity (Wildman–Crippen MR) is 69.9 cm³/mol. The SMILES string of the molecule is Cc1cc(F)c(NC(=O)C2CNCC(C)C2)cc1F. The van der Waals surface area contributed by atoms with Gasteiger partial charge in [-0.05, 0) is 37.4 Å². The lowest BCUT2D eigenvalue weighted by molar-refractivity contribution is -0.120. The number of amides is 1. The molecule has 19 heavy (non-hydrogen) atoms. The number of piperidine rings is 1. The van der Waals surface area contributed by atoms with Gasteiger partial charge in [0.25, 0.3) is 0 Å². The maximum Gasteiger partial charge on any atom is 0.228 e. The molecule has 2 rings (SSSR count). The summed E-state index contributed by atoms with van der Waals surface area (Å²) in [5, 5.41) is 5.63. The first-order valence-corrected chi connectivity index (χ1v) is 6.44. The molecule has 1 saturated heterocycles. The largest absolute Gasteiger partial charge is 0.323 e. The Morgan fingerprint density at radius 1 is 1.32 bits per heavy atom. The van der Waals surface area contributed by atoms with Crippen LogP contribution in [0.3, 0.4) is 0 Å². The zero-order valence-electron chi connectivity index (χ0n) is 11.1. The number of carbonyl (C=O) groups is 1. The summed E-state index contributed by atoms with van der Waals surface area (Å²) in [6.07, 6.45) is 0.759. The van der Waals surface area contributed by atoms with E-state index < -0.39 is 11.6 Å². The first-order chi connectivity index (χ1) is 8.97. The Balaban J connectivity index is 2.08. The zero-order chi connectivity index (χ0) is 14.0. The summed E-state index contributed by atoms with van der Waals surface area (Å²) in [4.78, 5) is 12.0. The Labute approximate surface area is 111 Å². The first-order valence-electron chi connectivity index (χ1n) is 6.44. The van der Waals surface area contributed by atoms with Gasteiger partial charge in [0.15, 0.2) is 0 Å². The van der Waals surface area contributed by atoms with E-state index in [0.29, 0.717) is 12.5 Å². The molecule has 0 bridgehead atoms. The van der Waals surface area contributed by atoms with Crippen molar-refractivity contribution in [3.05, 3.63) is 29.3 Å². The third-order valence-electron chi connectivity index (χ3n) is 3.45. The number of benzene rings is 1. The van der Waals surface area contributed by atoms with Gasteiger partial charge in [0.2, 0.25) is 5.91 Å². The van der Waals surface area contributed by atoms with Gasteiger partial charge in [-0.3, -0.25) is 4.79 Å². The maximum absolute atomic E-state index is 13.6. The molecule has 1 heterocycles. The fraction of sp³-hybridized carbons (Fsp3) is 0.500. The van der Waals surface area contributed by atoms with E-state index in [0.717, 1.165) is 25.1 Å². The van der Waals surface area contributed by atoms with Crippen LogP contribution in [0, 0.1) is 30.4 Å². The van der Waals surface area contributed by atoms with Crippen LogP contribution in [0.5, 0.6) is 0 Å². The summed E-state index contributed by atoms with van der Waals surface area (Å²) in [6.45, 7) is 5.00. The van der Waals surface area contributed by atoms with Crippen molar-refractivity contribution in [1.82, 2.24) is 5.32 Å². The van der Waals surface area contributed by atoms with Gasteiger partial charge < -0.3 is 10.6 Å². The van der Waals surface area contributed by atoms with Crippen molar-refractivity contribution in [3.63, 3.8) is 0 Å². The van der Waals surface area contributed by atoms with Crippen molar-refractivity contribution in [3.8, 4) is 0 Å². The second kappa shape index (κ2) is 5.65. The monoisotopic (exact) mass is 268 g/mol. The van der Waals surface area contributed by atoms with Gasteiger partial charge in [0.1, 0.15) is 11.6 Å². The Bertz CT molecular complexity index is 491. The fourth-order valence-electron chi connectivity index (χ4n) is 2.33. The Morgan fingerprint density at radius 2 is 2.05 bits per heavy atom. The molecule has 0 aromatic heterocycles. The number of hydrogen-bond donors (Lipinski definition) is 2. The van der Waals surface area contributed by atoms with Gasteiger partial charge in [-0.15, -0.1) is 0 Å². The minimum atomic E-state index is -0.607. The molecule has 1 fully saturated rings. The highest BCUT2D eigenvalue weighted by molar-refractivity contribution is 5.92. The van der Waals surface area contributed by atoms with E-state index in [9.17, 15) is 13.6 Å². The molecule has 0 saturated carbocycles. The van der Waals surface area contributed by atoms with Gasteiger partial charge >= 0.3 is 0 Å². The zero-order valence-corrected chi connectivity index (χ0v) is 11.1. The molecular formula is C14H18F2N2O. The highest BCUT2D eigenvalue weighted by Crippen LogP contribution is 2.22. The highest BCUT2D eigenvalue weighted by Gasteiger charge is 2.25. The smallest absolute Gasteiger partial charge is 0.228 e. The van der Waals surface area contributed by atoms with Crippen LogP contribution in [0.1, 0.15) is 18.9 Å². The molecule has 1 aromatic carbocycles. The molecule has 0 spiro atoms. The van der Waals surface area contributed by atoms with E-state index >= 15 is 0 Å². The number of carbonyl (C=O) groups excluding carboxylic acids is 1. The number of hydrogen-bond acceptors (Lipinski definition) is 2. The van der Waals surface area contributed by atoms with Crippen LogP contribution in [-0.4, -0.2) is 19.0 Å². The summed E-state index contributed by atoms with van der Waals surface area (Å²) in [7, 11) is 0. The standard InChI is InChI=1S/C14H18F2N2O/c1-8-3-10(7-17-6-8)14(19)18-13-5-11(15)9(2)4-12(13)16/h4-5,8,10,17H,3,6-7H2,1-2H3,(H,18,19). The molecule has 2 unspecified atom stereocenters. The van der Waals surface area contributed by atoms with E-state index in [1.54, 1.807) is 0 Å².